The SMILES string of the molecule is Cn1cc(C(=O)NNC(=O)CC23CC4CC(CC(Br)(C4)C2)C3)c2ccccc21. The number of rotatable bonds is 3. The van der Waals surface area contributed by atoms with E-state index in [2.05, 4.69) is 26.8 Å². The number of fused-ring (bicyclic) bond motifs is 1. The predicted molar refractivity (Wildman–Crippen MR) is 112 cm³/mol. The van der Waals surface area contributed by atoms with Crippen molar-refractivity contribution in [1.29, 1.82) is 0 Å². The molecule has 2 N–H and O–H groups in total. The third-order valence-electron chi connectivity index (χ3n) is 7.10. The van der Waals surface area contributed by atoms with Crippen molar-refractivity contribution in [3.05, 3.63) is 36.0 Å². The molecule has 1 aromatic carbocycles. The molecule has 0 aliphatic heterocycles. The average molecular weight is 444 g/mol. The molecular formula is C22H26BrN3O2. The number of hydrogen-bond donors (Lipinski definition) is 2. The molecule has 2 aromatic rings. The zero-order chi connectivity index (χ0) is 19.5. The lowest BCUT2D eigenvalue weighted by atomic mass is 9.48. The van der Waals surface area contributed by atoms with E-state index in [1.165, 1.54) is 19.3 Å². The normalized spacial score (nSPS) is 33.2. The van der Waals surface area contributed by atoms with Crippen molar-refractivity contribution >= 4 is 38.6 Å². The molecule has 0 spiro atoms. The highest BCUT2D eigenvalue weighted by Crippen LogP contribution is 2.65. The predicted octanol–water partition coefficient (Wildman–Crippen LogP) is 4.06. The molecule has 2 unspecified atom stereocenters. The molecule has 1 aromatic heterocycles. The smallest absolute Gasteiger partial charge is 0.271 e. The van der Waals surface area contributed by atoms with E-state index in [9.17, 15) is 9.59 Å². The molecule has 0 radical (unpaired) electrons. The Bertz CT molecular complexity index is 952. The molecular weight excluding hydrogens is 418 g/mol. The molecule has 4 aliphatic carbocycles. The molecule has 0 saturated heterocycles. The minimum atomic E-state index is -0.271. The van der Waals surface area contributed by atoms with E-state index in [4.69, 9.17) is 0 Å². The van der Waals surface area contributed by atoms with Crippen LogP contribution in [0.15, 0.2) is 30.5 Å². The van der Waals surface area contributed by atoms with Crippen LogP contribution in [-0.4, -0.2) is 20.7 Å². The second kappa shape index (κ2) is 6.34. The molecule has 4 bridgehead atoms. The number of nitrogens with zero attached hydrogens (tertiary/aromatic N) is 1. The first kappa shape index (κ1) is 18.2. The Hall–Kier alpha value is -1.82. The molecule has 28 heavy (non-hydrogen) atoms. The van der Waals surface area contributed by atoms with Gasteiger partial charge < -0.3 is 4.57 Å². The summed E-state index contributed by atoms with van der Waals surface area (Å²) >= 11 is 4.00. The molecule has 4 saturated carbocycles. The first-order chi connectivity index (χ1) is 13.3. The summed E-state index contributed by atoms with van der Waals surface area (Å²) in [5.74, 6) is 1.15. The Morgan fingerprint density at radius 3 is 2.57 bits per heavy atom. The lowest BCUT2D eigenvalue weighted by Crippen LogP contribution is -2.54. The van der Waals surface area contributed by atoms with Crippen LogP contribution in [0.1, 0.15) is 55.3 Å². The van der Waals surface area contributed by atoms with Crippen LogP contribution in [0.2, 0.25) is 0 Å². The standard InChI is InChI=1S/C22H26BrN3O2/c1-26-12-17(16-4-2-3-5-18(16)26)20(28)25-24-19(27)11-21-7-14-6-15(8-21)10-22(23,9-14)13-21/h2-5,12,14-15H,6-11,13H2,1H3,(H,24,27)(H,25,28). The van der Waals surface area contributed by atoms with Gasteiger partial charge in [-0.15, -0.1) is 0 Å². The van der Waals surface area contributed by atoms with Crippen LogP contribution in [0, 0.1) is 17.3 Å². The van der Waals surface area contributed by atoms with Crippen molar-refractivity contribution < 1.29 is 9.59 Å². The monoisotopic (exact) mass is 443 g/mol. The molecule has 4 fully saturated rings. The molecule has 4 aliphatic rings. The number of halogens is 1. The quantitative estimate of drug-likeness (QED) is 0.554. The molecule has 5 nitrogen and oxygen atoms in total. The Kier molecular flexibility index (Phi) is 4.13. The highest BCUT2D eigenvalue weighted by Gasteiger charge is 2.57. The summed E-state index contributed by atoms with van der Waals surface area (Å²) in [5.41, 5.74) is 6.98. The summed E-state index contributed by atoms with van der Waals surface area (Å²) in [7, 11) is 1.92. The number of benzene rings is 1. The van der Waals surface area contributed by atoms with Gasteiger partial charge >= 0.3 is 0 Å². The third kappa shape index (κ3) is 3.06. The van der Waals surface area contributed by atoms with Crippen LogP contribution in [0.5, 0.6) is 0 Å². The first-order valence-corrected chi connectivity index (χ1v) is 11.0. The maximum absolute atomic E-state index is 12.7. The lowest BCUT2D eigenvalue weighted by Gasteiger charge is -2.60. The van der Waals surface area contributed by atoms with Gasteiger partial charge in [0.2, 0.25) is 5.91 Å². The van der Waals surface area contributed by atoms with Crippen LogP contribution in [0.3, 0.4) is 0 Å². The fourth-order valence-corrected chi connectivity index (χ4v) is 8.15. The number of alkyl halides is 1. The minimum Gasteiger partial charge on any atom is -0.350 e. The van der Waals surface area contributed by atoms with Gasteiger partial charge in [-0.25, -0.2) is 0 Å². The lowest BCUT2D eigenvalue weighted by molar-refractivity contribution is -0.128. The maximum atomic E-state index is 12.7. The van der Waals surface area contributed by atoms with Gasteiger partial charge in [-0.1, -0.05) is 34.1 Å². The van der Waals surface area contributed by atoms with Gasteiger partial charge in [-0.2, -0.15) is 0 Å². The summed E-state index contributed by atoms with van der Waals surface area (Å²) in [4.78, 5) is 25.3. The van der Waals surface area contributed by atoms with E-state index in [1.54, 1.807) is 6.20 Å². The molecule has 6 heteroatoms. The van der Waals surface area contributed by atoms with E-state index in [-0.39, 0.29) is 21.6 Å². The number of nitrogens with one attached hydrogen (secondary N) is 2. The van der Waals surface area contributed by atoms with Crippen molar-refractivity contribution in [2.45, 2.75) is 49.3 Å². The fourth-order valence-electron chi connectivity index (χ4n) is 6.64. The van der Waals surface area contributed by atoms with Crippen LogP contribution < -0.4 is 10.9 Å². The Balaban J connectivity index is 1.25. The van der Waals surface area contributed by atoms with E-state index < -0.39 is 0 Å². The van der Waals surface area contributed by atoms with Gasteiger partial charge in [0.1, 0.15) is 0 Å². The van der Waals surface area contributed by atoms with Crippen molar-refractivity contribution in [3.63, 3.8) is 0 Å². The van der Waals surface area contributed by atoms with Gasteiger partial charge in [0.25, 0.3) is 5.91 Å². The number of hydrazine groups is 1. The van der Waals surface area contributed by atoms with E-state index in [1.807, 2.05) is 35.9 Å². The second-order valence-corrected chi connectivity index (χ2v) is 11.1. The number of hydrogen-bond acceptors (Lipinski definition) is 2. The number of aromatic nitrogens is 1. The summed E-state index contributed by atoms with van der Waals surface area (Å²) in [5, 5.41) is 0.888. The highest BCUT2D eigenvalue weighted by atomic mass is 79.9. The van der Waals surface area contributed by atoms with Gasteiger partial charge in [0.05, 0.1) is 5.56 Å². The number of carbonyl (C=O) groups is 2. The first-order valence-electron chi connectivity index (χ1n) is 10.2. The average Bonchev–Trinajstić information content (AvgIpc) is 2.94. The number of para-hydroxylation sites is 1. The summed E-state index contributed by atoms with van der Waals surface area (Å²) in [6.07, 6.45) is 9.54. The molecule has 6 rings (SSSR count). The summed E-state index contributed by atoms with van der Waals surface area (Å²) in [6, 6.07) is 7.78. The number of carbonyl (C=O) groups excluding carboxylic acids is 2. The summed E-state index contributed by atoms with van der Waals surface area (Å²) < 4.78 is 2.17. The van der Waals surface area contributed by atoms with Gasteiger partial charge in [0.15, 0.2) is 0 Å². The maximum Gasteiger partial charge on any atom is 0.271 e. The topological polar surface area (TPSA) is 63.1 Å². The van der Waals surface area contributed by atoms with Crippen molar-refractivity contribution in [3.8, 4) is 0 Å². The van der Waals surface area contributed by atoms with E-state index in [0.29, 0.717) is 12.0 Å². The van der Waals surface area contributed by atoms with E-state index >= 15 is 0 Å². The van der Waals surface area contributed by atoms with Crippen LogP contribution in [-0.2, 0) is 11.8 Å². The Labute approximate surface area is 173 Å². The zero-order valence-corrected chi connectivity index (χ0v) is 17.7. The highest BCUT2D eigenvalue weighted by molar-refractivity contribution is 9.10. The van der Waals surface area contributed by atoms with Crippen molar-refractivity contribution in [2.24, 2.45) is 24.3 Å². The fraction of sp³-hybridized carbons (Fsp3) is 0.545. The van der Waals surface area contributed by atoms with Crippen LogP contribution >= 0.6 is 15.9 Å². The minimum absolute atomic E-state index is 0.0772. The van der Waals surface area contributed by atoms with E-state index in [0.717, 1.165) is 42.0 Å². The molecule has 148 valence electrons. The van der Waals surface area contributed by atoms with Crippen molar-refractivity contribution in [2.75, 3.05) is 0 Å². The zero-order valence-electron chi connectivity index (χ0n) is 16.1. The molecule has 2 amide bonds. The third-order valence-corrected chi connectivity index (χ3v) is 8.03. The van der Waals surface area contributed by atoms with Gasteiger partial charge in [0, 0.05) is 34.9 Å². The Morgan fingerprint density at radius 2 is 1.86 bits per heavy atom. The largest absolute Gasteiger partial charge is 0.350 e. The Morgan fingerprint density at radius 1 is 1.14 bits per heavy atom. The number of amides is 2. The van der Waals surface area contributed by atoms with Crippen LogP contribution in [0.25, 0.3) is 10.9 Å². The van der Waals surface area contributed by atoms with Crippen molar-refractivity contribution in [1.82, 2.24) is 15.4 Å². The molecule has 2 atom stereocenters. The van der Waals surface area contributed by atoms with Gasteiger partial charge in [-0.3, -0.25) is 20.4 Å². The summed E-state index contributed by atoms with van der Waals surface area (Å²) in [6.45, 7) is 0. The second-order valence-electron chi connectivity index (χ2n) is 9.46. The number of aryl methyl sites for hydroxylation is 1. The van der Waals surface area contributed by atoms with Gasteiger partial charge in [-0.05, 0) is 61.8 Å². The van der Waals surface area contributed by atoms with Crippen LogP contribution in [0.4, 0.5) is 0 Å². The molecule has 1 heterocycles.